The lowest BCUT2D eigenvalue weighted by Crippen LogP contribution is -2.38. The van der Waals surface area contributed by atoms with Crippen LogP contribution in [0.5, 0.6) is 17.2 Å². The van der Waals surface area contributed by atoms with E-state index in [4.69, 9.17) is 17.0 Å². The number of ether oxygens (including phenoxy) is 3. The molecule has 0 unspecified atom stereocenters. The molecule has 0 saturated carbocycles. The standard InChI is InChI=1S/C19H20FNO3/c20-15-3-1-13(2-4-15)17-7-8-21-10-14(17)11-22-16-5-6-18-19(9-16)24-12-23-18/h1-6,9,14,17,21H,7-8,10-12H2/t14-,17-/m1/s1/i12D2. The minimum atomic E-state index is -2.14. The molecule has 24 heavy (non-hydrogen) atoms. The molecular formula is C19H20FNO3. The average Bonchev–Trinajstić information content (AvgIpc) is 2.94. The minimum absolute atomic E-state index is 0.226. The maximum Gasteiger partial charge on any atom is 0.231 e. The van der Waals surface area contributed by atoms with Crippen LogP contribution in [0.4, 0.5) is 4.39 Å². The van der Waals surface area contributed by atoms with Crippen LogP contribution in [0.3, 0.4) is 0 Å². The van der Waals surface area contributed by atoms with Crippen molar-refractivity contribution in [1.29, 1.82) is 0 Å². The van der Waals surface area contributed by atoms with Gasteiger partial charge in [-0.25, -0.2) is 4.39 Å². The second-order valence-electron chi connectivity index (χ2n) is 6.12. The number of nitrogens with one attached hydrogen (secondary N) is 1. The van der Waals surface area contributed by atoms with Gasteiger partial charge in [0, 0.05) is 18.5 Å². The maximum absolute atomic E-state index is 13.2. The fraction of sp³-hybridized carbons (Fsp3) is 0.368. The molecule has 2 aromatic carbocycles. The molecule has 5 heteroatoms. The summed E-state index contributed by atoms with van der Waals surface area (Å²) >= 11 is 0. The Kier molecular flexibility index (Phi) is 3.64. The monoisotopic (exact) mass is 331 g/mol. The third kappa shape index (κ3) is 3.17. The molecule has 1 N–H and O–H groups in total. The van der Waals surface area contributed by atoms with Gasteiger partial charge in [-0.2, -0.15) is 0 Å². The maximum atomic E-state index is 13.2. The van der Waals surface area contributed by atoms with Crippen LogP contribution in [-0.4, -0.2) is 26.4 Å². The van der Waals surface area contributed by atoms with Gasteiger partial charge in [0.15, 0.2) is 11.5 Å². The van der Waals surface area contributed by atoms with Crippen molar-refractivity contribution in [2.45, 2.75) is 12.3 Å². The highest BCUT2D eigenvalue weighted by molar-refractivity contribution is 5.46. The van der Waals surface area contributed by atoms with E-state index in [0.29, 0.717) is 29.8 Å². The van der Waals surface area contributed by atoms with E-state index in [0.717, 1.165) is 25.1 Å². The Morgan fingerprint density at radius 3 is 2.88 bits per heavy atom. The topological polar surface area (TPSA) is 39.7 Å². The van der Waals surface area contributed by atoms with E-state index in [9.17, 15) is 4.39 Å². The molecule has 2 aromatic rings. The number of hydrogen-bond donors (Lipinski definition) is 1. The molecule has 0 spiro atoms. The summed E-state index contributed by atoms with van der Waals surface area (Å²) in [5.41, 5.74) is 1.13. The second-order valence-corrected chi connectivity index (χ2v) is 6.12. The highest BCUT2D eigenvalue weighted by Crippen LogP contribution is 2.36. The van der Waals surface area contributed by atoms with Crippen molar-refractivity contribution in [1.82, 2.24) is 5.32 Å². The van der Waals surface area contributed by atoms with E-state index < -0.39 is 6.75 Å². The molecule has 0 amide bonds. The lowest BCUT2D eigenvalue weighted by molar-refractivity contribution is 0.173. The predicted molar refractivity (Wildman–Crippen MR) is 88.2 cm³/mol. The lowest BCUT2D eigenvalue weighted by Gasteiger charge is -2.32. The minimum Gasteiger partial charge on any atom is -0.493 e. The first-order chi connectivity index (χ1) is 12.5. The van der Waals surface area contributed by atoms with Crippen LogP contribution in [-0.2, 0) is 0 Å². The quantitative estimate of drug-likeness (QED) is 0.933. The van der Waals surface area contributed by atoms with Gasteiger partial charge in [0.1, 0.15) is 14.3 Å². The lowest BCUT2D eigenvalue weighted by atomic mass is 9.81. The molecule has 2 aliphatic rings. The molecular weight excluding hydrogens is 309 g/mol. The Labute approximate surface area is 143 Å². The van der Waals surface area contributed by atoms with Gasteiger partial charge in [-0.3, -0.25) is 0 Å². The van der Waals surface area contributed by atoms with Crippen molar-refractivity contribution in [3.63, 3.8) is 0 Å². The molecule has 1 saturated heterocycles. The molecule has 4 rings (SSSR count). The van der Waals surface area contributed by atoms with Gasteiger partial charge in [0.2, 0.25) is 6.75 Å². The van der Waals surface area contributed by atoms with Crippen LogP contribution in [0.2, 0.25) is 0 Å². The molecule has 0 aliphatic carbocycles. The van der Waals surface area contributed by atoms with E-state index in [1.807, 2.05) is 12.1 Å². The van der Waals surface area contributed by atoms with E-state index in [2.05, 4.69) is 5.32 Å². The summed E-state index contributed by atoms with van der Waals surface area (Å²) in [4.78, 5) is 0. The zero-order valence-corrected chi connectivity index (χ0v) is 13.1. The Bertz CT molecular complexity index is 785. The van der Waals surface area contributed by atoms with Crippen LogP contribution >= 0.6 is 0 Å². The van der Waals surface area contributed by atoms with Gasteiger partial charge >= 0.3 is 0 Å². The van der Waals surface area contributed by atoms with Crippen molar-refractivity contribution in [2.75, 3.05) is 26.4 Å². The summed E-state index contributed by atoms with van der Waals surface area (Å²) in [6.07, 6.45) is 0.973. The summed E-state index contributed by atoms with van der Waals surface area (Å²) in [5.74, 6) is 1.64. The van der Waals surface area contributed by atoms with Crippen molar-refractivity contribution in [3.8, 4) is 17.2 Å². The Morgan fingerprint density at radius 1 is 1.17 bits per heavy atom. The smallest absolute Gasteiger partial charge is 0.231 e. The Balaban J connectivity index is 1.44. The number of fused-ring (bicyclic) bond motifs is 1. The van der Waals surface area contributed by atoms with Crippen molar-refractivity contribution in [2.24, 2.45) is 5.92 Å². The highest BCUT2D eigenvalue weighted by atomic mass is 19.1. The van der Waals surface area contributed by atoms with Gasteiger partial charge in [-0.1, -0.05) is 12.1 Å². The SMILES string of the molecule is [2H]C1([2H])Oc2ccc(OC[C@H]3CNCC[C@@H]3c3ccc(F)cc3)cc2O1. The van der Waals surface area contributed by atoms with Crippen molar-refractivity contribution < 1.29 is 21.3 Å². The van der Waals surface area contributed by atoms with E-state index in [-0.39, 0.29) is 11.7 Å². The van der Waals surface area contributed by atoms with Gasteiger partial charge in [-0.05, 0) is 48.7 Å². The zero-order valence-electron chi connectivity index (χ0n) is 15.1. The first kappa shape index (κ1) is 13.1. The van der Waals surface area contributed by atoms with Crippen LogP contribution in [0.25, 0.3) is 0 Å². The number of halogens is 1. The van der Waals surface area contributed by atoms with E-state index in [1.54, 1.807) is 18.2 Å². The van der Waals surface area contributed by atoms with Gasteiger partial charge in [-0.15, -0.1) is 0 Å². The molecule has 0 bridgehead atoms. The molecule has 126 valence electrons. The Morgan fingerprint density at radius 2 is 2.00 bits per heavy atom. The van der Waals surface area contributed by atoms with Crippen LogP contribution < -0.4 is 19.5 Å². The summed E-state index contributed by atoms with van der Waals surface area (Å²) in [5, 5.41) is 3.39. The van der Waals surface area contributed by atoms with Gasteiger partial charge in [0.25, 0.3) is 0 Å². The number of benzene rings is 2. The number of piperidine rings is 1. The molecule has 2 aliphatic heterocycles. The predicted octanol–water partition coefficient (Wildman–Crippen LogP) is 3.33. The first-order valence-electron chi connectivity index (χ1n) is 9.11. The van der Waals surface area contributed by atoms with Crippen molar-refractivity contribution in [3.05, 3.63) is 53.8 Å². The summed E-state index contributed by atoms with van der Waals surface area (Å²) in [6, 6.07) is 11.7. The normalized spacial score (nSPS) is 25.7. The summed E-state index contributed by atoms with van der Waals surface area (Å²) < 4.78 is 44.3. The van der Waals surface area contributed by atoms with Crippen LogP contribution in [0.1, 0.15) is 20.6 Å². The fourth-order valence-electron chi connectivity index (χ4n) is 3.30. The molecule has 0 radical (unpaired) electrons. The zero-order chi connectivity index (χ0) is 18.1. The molecule has 2 heterocycles. The highest BCUT2D eigenvalue weighted by Gasteiger charge is 2.27. The first-order valence-corrected chi connectivity index (χ1v) is 8.11. The number of rotatable bonds is 4. The molecule has 2 atom stereocenters. The third-order valence-electron chi connectivity index (χ3n) is 4.59. The van der Waals surface area contributed by atoms with E-state index >= 15 is 0 Å². The second kappa shape index (κ2) is 6.69. The summed E-state index contributed by atoms with van der Waals surface area (Å²) in [6.45, 7) is 0.121. The molecule has 1 fully saturated rings. The van der Waals surface area contributed by atoms with Gasteiger partial charge < -0.3 is 19.5 Å². The molecule has 4 nitrogen and oxygen atoms in total. The van der Waals surface area contributed by atoms with Gasteiger partial charge in [0.05, 0.1) is 6.61 Å². The fourth-order valence-corrected chi connectivity index (χ4v) is 3.30. The average molecular weight is 331 g/mol. The largest absolute Gasteiger partial charge is 0.493 e. The number of hydrogen-bond acceptors (Lipinski definition) is 4. The Hall–Kier alpha value is -2.27. The van der Waals surface area contributed by atoms with Crippen LogP contribution in [0.15, 0.2) is 42.5 Å². The van der Waals surface area contributed by atoms with Crippen LogP contribution in [0, 0.1) is 11.7 Å². The van der Waals surface area contributed by atoms with Crippen molar-refractivity contribution >= 4 is 0 Å². The van der Waals surface area contributed by atoms with E-state index in [1.165, 1.54) is 12.1 Å². The summed E-state index contributed by atoms with van der Waals surface area (Å²) in [7, 11) is 0. The molecule has 0 aromatic heterocycles. The third-order valence-corrected chi connectivity index (χ3v) is 4.59.